The Morgan fingerprint density at radius 2 is 1.89 bits per heavy atom. The first-order valence-electron chi connectivity index (χ1n) is 10.1. The third kappa shape index (κ3) is 4.51. The second kappa shape index (κ2) is 9.28. The highest BCUT2D eigenvalue weighted by Crippen LogP contribution is 2.37. The van der Waals surface area contributed by atoms with E-state index in [1.54, 1.807) is 38.4 Å². The number of fused-ring (bicyclic) bond motifs is 1. The highest BCUT2D eigenvalue weighted by atomic mass is 35.5. The minimum absolute atomic E-state index is 0.0277. The van der Waals surface area contributed by atoms with Crippen LogP contribution in [0.5, 0.6) is 11.6 Å². The number of carboxylic acids is 1. The van der Waals surface area contributed by atoms with Crippen molar-refractivity contribution in [3.63, 3.8) is 0 Å². The molecule has 0 fully saturated rings. The van der Waals surface area contributed by atoms with E-state index >= 15 is 0 Å². The van der Waals surface area contributed by atoms with Crippen LogP contribution >= 0.6 is 11.6 Å². The van der Waals surface area contributed by atoms with Crippen LogP contribution in [0.2, 0.25) is 5.02 Å². The number of likely N-dealkylation sites (N-methyl/N-ethyl adjacent to an activating group) is 1. The number of nitrogens with two attached hydrogens (primary N) is 1. The molecular formula is C23H18ClF2N5O4. The van der Waals surface area contributed by atoms with Crippen molar-refractivity contribution in [2.75, 3.05) is 14.1 Å². The van der Waals surface area contributed by atoms with E-state index in [-0.39, 0.29) is 16.7 Å². The van der Waals surface area contributed by atoms with Gasteiger partial charge in [-0.2, -0.15) is 10.1 Å². The molecule has 12 heteroatoms. The Kier molecular flexibility index (Phi) is 6.37. The summed E-state index contributed by atoms with van der Waals surface area (Å²) >= 11 is 6.36. The van der Waals surface area contributed by atoms with E-state index in [0.717, 1.165) is 12.1 Å². The number of aromatic nitrogens is 3. The molecule has 4 aromatic rings. The van der Waals surface area contributed by atoms with E-state index in [4.69, 9.17) is 22.1 Å². The minimum Gasteiger partial charge on any atom is -0.477 e. The molecule has 0 aliphatic rings. The van der Waals surface area contributed by atoms with Gasteiger partial charge in [0.05, 0.1) is 5.02 Å². The number of hydrogen-bond acceptors (Lipinski definition) is 6. The highest BCUT2D eigenvalue weighted by molar-refractivity contribution is 6.33. The zero-order valence-electron chi connectivity index (χ0n) is 18.4. The van der Waals surface area contributed by atoms with Gasteiger partial charge >= 0.3 is 5.97 Å². The Morgan fingerprint density at radius 1 is 1.17 bits per heavy atom. The Bertz CT molecular complexity index is 1470. The maximum absolute atomic E-state index is 14.2. The molecule has 2 heterocycles. The number of carbonyl (C=O) groups excluding carboxylic acids is 1. The van der Waals surface area contributed by atoms with Crippen LogP contribution in [0.4, 0.5) is 8.78 Å². The van der Waals surface area contributed by atoms with Gasteiger partial charge in [0, 0.05) is 17.0 Å². The first-order valence-corrected chi connectivity index (χ1v) is 10.5. The lowest BCUT2D eigenvalue weighted by Crippen LogP contribution is -2.37. The average Bonchev–Trinajstić information content (AvgIpc) is 3.12. The lowest BCUT2D eigenvalue weighted by Gasteiger charge is -2.21. The molecule has 0 bridgehead atoms. The fourth-order valence-electron chi connectivity index (χ4n) is 3.55. The van der Waals surface area contributed by atoms with Gasteiger partial charge in [0.25, 0.3) is 5.91 Å². The van der Waals surface area contributed by atoms with E-state index in [1.165, 1.54) is 15.6 Å². The van der Waals surface area contributed by atoms with Gasteiger partial charge in [-0.3, -0.25) is 9.69 Å². The number of rotatable bonds is 7. The third-order valence-electron chi connectivity index (χ3n) is 5.08. The monoisotopic (exact) mass is 501 g/mol. The van der Waals surface area contributed by atoms with Gasteiger partial charge in [-0.25, -0.2) is 18.3 Å². The number of amides is 1. The summed E-state index contributed by atoms with van der Waals surface area (Å²) in [4.78, 5) is 30.1. The molecule has 1 amide bonds. The van der Waals surface area contributed by atoms with Gasteiger partial charge in [-0.15, -0.1) is 0 Å². The van der Waals surface area contributed by atoms with Crippen molar-refractivity contribution < 1.29 is 28.2 Å². The summed E-state index contributed by atoms with van der Waals surface area (Å²) < 4.78 is 34.2. The molecule has 2 aromatic carbocycles. The van der Waals surface area contributed by atoms with E-state index in [9.17, 15) is 23.5 Å². The molecule has 0 aliphatic heterocycles. The van der Waals surface area contributed by atoms with Gasteiger partial charge in [0.15, 0.2) is 23.4 Å². The summed E-state index contributed by atoms with van der Waals surface area (Å²) in [5.41, 5.74) is 5.91. The molecule has 0 aliphatic carbocycles. The van der Waals surface area contributed by atoms with Crippen molar-refractivity contribution in [1.82, 2.24) is 19.7 Å². The molecular weight excluding hydrogens is 484 g/mol. The number of pyridine rings is 1. The molecule has 2 aromatic heterocycles. The van der Waals surface area contributed by atoms with Crippen LogP contribution in [0.15, 0.2) is 48.5 Å². The molecule has 9 nitrogen and oxygen atoms in total. The number of benzene rings is 2. The third-order valence-corrected chi connectivity index (χ3v) is 5.41. The zero-order valence-corrected chi connectivity index (χ0v) is 19.1. The zero-order chi connectivity index (χ0) is 25.4. The smallest absolute Gasteiger partial charge is 0.341 e. The maximum Gasteiger partial charge on any atom is 0.341 e. The summed E-state index contributed by atoms with van der Waals surface area (Å²) in [6.45, 7) is 0. The lowest BCUT2D eigenvalue weighted by atomic mass is 10.1. The normalized spacial score (nSPS) is 12.2. The number of hydrogen-bond donors (Lipinski definition) is 2. The number of carboxylic acid groups (broad SMARTS) is 1. The Morgan fingerprint density at radius 3 is 2.49 bits per heavy atom. The van der Waals surface area contributed by atoms with Gasteiger partial charge in [-0.05, 0) is 38.4 Å². The molecule has 3 N–H and O–H groups in total. The van der Waals surface area contributed by atoms with Crippen LogP contribution in [0.1, 0.15) is 16.5 Å². The topological polar surface area (TPSA) is 124 Å². The lowest BCUT2D eigenvalue weighted by molar-refractivity contribution is -0.125. The van der Waals surface area contributed by atoms with Gasteiger partial charge in [0.1, 0.15) is 17.1 Å². The Hall–Kier alpha value is -4.09. The van der Waals surface area contributed by atoms with Crippen LogP contribution in [0.3, 0.4) is 0 Å². The second-order valence-corrected chi connectivity index (χ2v) is 8.11. The van der Waals surface area contributed by atoms with E-state index < -0.39 is 46.9 Å². The largest absolute Gasteiger partial charge is 0.477 e. The molecule has 0 spiro atoms. The number of carbonyl (C=O) groups is 2. The summed E-state index contributed by atoms with van der Waals surface area (Å²) in [5.74, 6) is -5.03. The van der Waals surface area contributed by atoms with Crippen LogP contribution in [0, 0.1) is 11.6 Å². The number of nitrogens with zero attached hydrogens (tertiary/aromatic N) is 4. The minimum atomic E-state index is -1.42. The van der Waals surface area contributed by atoms with Crippen LogP contribution < -0.4 is 10.5 Å². The first-order chi connectivity index (χ1) is 16.6. The number of aromatic carboxylic acids is 1. The summed E-state index contributed by atoms with van der Waals surface area (Å²) in [7, 11) is 3.18. The van der Waals surface area contributed by atoms with Crippen molar-refractivity contribution in [1.29, 1.82) is 0 Å². The molecule has 4 rings (SSSR count). The van der Waals surface area contributed by atoms with Crippen LogP contribution in [-0.4, -0.2) is 50.7 Å². The van der Waals surface area contributed by atoms with Crippen molar-refractivity contribution in [3.05, 3.63) is 70.8 Å². The molecule has 1 unspecified atom stereocenters. The molecule has 0 saturated carbocycles. The van der Waals surface area contributed by atoms with E-state index in [1.807, 2.05) is 0 Å². The van der Waals surface area contributed by atoms with Crippen molar-refractivity contribution in [2.45, 2.75) is 6.17 Å². The number of primary amides is 1. The standard InChI is InChI=1S/C23H18ClF2N5O4/c1-30(2)22(19(27)32)31-20-13(18(29-31)12-5-3-4-6-15(12)24)10-14(23(33)34)21(28-20)35-17-8-7-11(25)9-16(17)26/h3-10,22H,1-2H3,(H2,27,32)(H,33,34). The molecule has 180 valence electrons. The fourth-order valence-corrected chi connectivity index (χ4v) is 3.78. The SMILES string of the molecule is CN(C)C(C(N)=O)n1nc(-c2ccccc2Cl)c2cc(C(=O)O)c(Oc3ccc(F)cc3F)nc21. The molecule has 0 radical (unpaired) electrons. The predicted octanol–water partition coefficient (Wildman–Crippen LogP) is 4.07. The number of ether oxygens (including phenoxy) is 1. The van der Waals surface area contributed by atoms with Crippen LogP contribution in [-0.2, 0) is 4.79 Å². The maximum atomic E-state index is 14.2. The molecule has 0 saturated heterocycles. The highest BCUT2D eigenvalue weighted by Gasteiger charge is 2.29. The number of halogens is 3. The molecule has 35 heavy (non-hydrogen) atoms. The second-order valence-electron chi connectivity index (χ2n) is 7.71. The van der Waals surface area contributed by atoms with Gasteiger partial charge in [0.2, 0.25) is 5.88 Å². The summed E-state index contributed by atoms with van der Waals surface area (Å²) in [6.07, 6.45) is -1.12. The van der Waals surface area contributed by atoms with Gasteiger partial charge < -0.3 is 15.6 Å². The Balaban J connectivity index is 2.03. The quantitative estimate of drug-likeness (QED) is 0.391. The molecule has 1 atom stereocenters. The predicted molar refractivity (Wildman–Crippen MR) is 123 cm³/mol. The van der Waals surface area contributed by atoms with Crippen molar-refractivity contribution >= 4 is 34.5 Å². The first kappa shape index (κ1) is 24.0. The fraction of sp³-hybridized carbons (Fsp3) is 0.130. The average molecular weight is 502 g/mol. The van der Waals surface area contributed by atoms with Crippen LogP contribution in [0.25, 0.3) is 22.3 Å². The van der Waals surface area contributed by atoms with Crippen molar-refractivity contribution in [2.24, 2.45) is 5.73 Å². The van der Waals surface area contributed by atoms with Crippen molar-refractivity contribution in [3.8, 4) is 22.9 Å². The van der Waals surface area contributed by atoms with Gasteiger partial charge in [-0.1, -0.05) is 29.8 Å². The van der Waals surface area contributed by atoms with E-state index in [2.05, 4.69) is 10.1 Å². The Labute approximate surface area is 202 Å². The van der Waals surface area contributed by atoms with E-state index in [0.29, 0.717) is 16.7 Å². The summed E-state index contributed by atoms with van der Waals surface area (Å²) in [6, 6.07) is 10.5. The summed E-state index contributed by atoms with van der Waals surface area (Å²) in [5, 5.41) is 14.9.